The van der Waals surface area contributed by atoms with Crippen molar-refractivity contribution in [2.24, 2.45) is 5.92 Å². The van der Waals surface area contributed by atoms with E-state index in [0.29, 0.717) is 56.1 Å². The van der Waals surface area contributed by atoms with Gasteiger partial charge < -0.3 is 14.7 Å². The van der Waals surface area contributed by atoms with Crippen LogP contribution < -0.4 is 4.90 Å². The molecule has 0 N–H and O–H groups in total. The number of urea groups is 1. The van der Waals surface area contributed by atoms with E-state index in [4.69, 9.17) is 11.6 Å². The first kappa shape index (κ1) is 34.4. The minimum atomic E-state index is -5.06. The van der Waals surface area contributed by atoms with Crippen molar-refractivity contribution in [3.05, 3.63) is 63.7 Å². The number of aryl methyl sites for hydroxylation is 1. The third kappa shape index (κ3) is 7.67. The Morgan fingerprint density at radius 3 is 1.91 bits per heavy atom. The zero-order valence-electron chi connectivity index (χ0n) is 25.3. The summed E-state index contributed by atoms with van der Waals surface area (Å²) in [4.78, 5) is 44.5. The number of likely N-dealkylation sites (N-methyl/N-ethyl adjacent to an activating group) is 1. The molecule has 0 saturated carbocycles. The molecule has 246 valence electrons. The Balaban J connectivity index is 1.61. The third-order valence-corrected chi connectivity index (χ3v) is 9.26. The van der Waals surface area contributed by atoms with Gasteiger partial charge in [0.15, 0.2) is 0 Å². The number of hydrogen-bond donors (Lipinski definition) is 0. The molecule has 2 heterocycles. The topological polar surface area (TPSA) is 64.2 Å². The maximum absolute atomic E-state index is 13.7. The van der Waals surface area contributed by atoms with Crippen LogP contribution in [0.3, 0.4) is 0 Å². The van der Waals surface area contributed by atoms with Crippen LogP contribution in [-0.2, 0) is 21.9 Å². The van der Waals surface area contributed by atoms with E-state index >= 15 is 0 Å². The van der Waals surface area contributed by atoms with Crippen LogP contribution in [0.1, 0.15) is 54.4 Å². The lowest BCUT2D eigenvalue weighted by atomic mass is 9.83. The normalized spacial score (nSPS) is 19.8. The number of rotatable bonds is 4. The van der Waals surface area contributed by atoms with Crippen LogP contribution in [0.2, 0.25) is 5.02 Å². The smallest absolute Gasteiger partial charge is 0.343 e. The molecule has 2 aromatic rings. The highest BCUT2D eigenvalue weighted by Crippen LogP contribution is 2.39. The summed E-state index contributed by atoms with van der Waals surface area (Å²) in [5, 5.41) is 0.519. The molecule has 0 spiro atoms. The summed E-state index contributed by atoms with van der Waals surface area (Å²) in [6.07, 6.45) is -8.75. The highest BCUT2D eigenvalue weighted by Gasteiger charge is 2.41. The van der Waals surface area contributed by atoms with E-state index in [1.165, 1.54) is 18.9 Å². The van der Waals surface area contributed by atoms with Gasteiger partial charge in [-0.05, 0) is 61.6 Å². The Labute approximate surface area is 262 Å². The molecule has 0 radical (unpaired) electrons. The van der Waals surface area contributed by atoms with Crippen molar-refractivity contribution in [2.45, 2.75) is 57.4 Å². The van der Waals surface area contributed by atoms with Gasteiger partial charge in [-0.25, -0.2) is 4.79 Å². The Hall–Kier alpha value is -3.48. The van der Waals surface area contributed by atoms with E-state index < -0.39 is 47.2 Å². The molecule has 2 unspecified atom stereocenters. The summed E-state index contributed by atoms with van der Waals surface area (Å²) in [7, 11) is 2.58. The average molecular weight is 661 g/mol. The molecule has 7 nitrogen and oxygen atoms in total. The molecule has 2 saturated heterocycles. The van der Waals surface area contributed by atoms with Gasteiger partial charge in [-0.1, -0.05) is 23.7 Å². The number of likely N-dealkylation sites (tertiary alicyclic amines) is 2. The lowest BCUT2D eigenvalue weighted by molar-refractivity contribution is -0.143. The fourth-order valence-corrected chi connectivity index (χ4v) is 6.27. The molecule has 14 heteroatoms. The number of amides is 4. The molecule has 0 aromatic heterocycles. The molecule has 0 bridgehead atoms. The number of benzene rings is 2. The molecular formula is C31H35ClF6N4O3. The molecule has 4 rings (SSSR count). The molecule has 2 fully saturated rings. The highest BCUT2D eigenvalue weighted by atomic mass is 35.5. The average Bonchev–Trinajstić information content (AvgIpc) is 2.99. The summed E-state index contributed by atoms with van der Waals surface area (Å²) < 4.78 is 81.0. The van der Waals surface area contributed by atoms with Crippen LogP contribution in [0.5, 0.6) is 0 Å². The number of piperidine rings is 2. The van der Waals surface area contributed by atoms with Gasteiger partial charge >= 0.3 is 18.4 Å². The van der Waals surface area contributed by atoms with Crippen LogP contribution in [0.15, 0.2) is 36.4 Å². The van der Waals surface area contributed by atoms with Crippen molar-refractivity contribution < 1.29 is 40.7 Å². The van der Waals surface area contributed by atoms with Gasteiger partial charge in [-0.15, -0.1) is 0 Å². The number of carbonyl (C=O) groups is 3. The SMILES string of the molecule is CC(=O)N1CCC(C(=O)N2CCC(N(C)C(=O)N(C)c3cc(C(F)(F)F)cc(C(F)(F)F)c3)C(c3ccc(Cl)c(C)c3)C2)CC1. The maximum Gasteiger partial charge on any atom is 0.416 e. The molecule has 2 aromatic carbocycles. The molecular weight excluding hydrogens is 626 g/mol. The first-order chi connectivity index (χ1) is 20.9. The van der Waals surface area contributed by atoms with Gasteiger partial charge in [0, 0.05) is 75.8 Å². The molecule has 2 atom stereocenters. The lowest BCUT2D eigenvalue weighted by Crippen LogP contribution is -2.55. The fourth-order valence-electron chi connectivity index (χ4n) is 6.15. The van der Waals surface area contributed by atoms with E-state index in [9.17, 15) is 40.7 Å². The number of carbonyl (C=O) groups excluding carboxylic acids is 3. The van der Waals surface area contributed by atoms with Gasteiger partial charge in [0.05, 0.1) is 11.1 Å². The summed E-state index contributed by atoms with van der Waals surface area (Å²) in [6.45, 7) is 4.80. The van der Waals surface area contributed by atoms with Crippen LogP contribution in [0.25, 0.3) is 0 Å². The molecule has 45 heavy (non-hydrogen) atoms. The van der Waals surface area contributed by atoms with Crippen molar-refractivity contribution >= 4 is 35.1 Å². The summed E-state index contributed by atoms with van der Waals surface area (Å²) >= 11 is 6.26. The number of alkyl halides is 6. The minimum absolute atomic E-state index is 0.0150. The summed E-state index contributed by atoms with van der Waals surface area (Å²) in [5.74, 6) is -0.788. The zero-order chi connectivity index (χ0) is 33.4. The largest absolute Gasteiger partial charge is 0.416 e. The van der Waals surface area contributed by atoms with Crippen LogP contribution >= 0.6 is 11.6 Å². The number of anilines is 1. The summed E-state index contributed by atoms with van der Waals surface area (Å²) in [6, 6.07) is 5.04. The standard InChI is InChI=1S/C31H35ClF6N4O3/c1-18-13-21(5-6-26(18)32)25-17-42(28(44)20-7-10-41(11-8-20)19(2)43)12-9-27(25)40(4)29(45)39(3)24-15-22(30(33,34)35)14-23(16-24)31(36,37)38/h5-6,13-16,20,25,27H,7-12,17H2,1-4H3. The van der Waals surface area contributed by atoms with Gasteiger partial charge in [0.2, 0.25) is 11.8 Å². The van der Waals surface area contributed by atoms with Gasteiger partial charge in [-0.3, -0.25) is 14.5 Å². The van der Waals surface area contributed by atoms with E-state index in [1.54, 1.807) is 21.9 Å². The predicted octanol–water partition coefficient (Wildman–Crippen LogP) is 6.82. The van der Waals surface area contributed by atoms with Crippen molar-refractivity contribution in [3.8, 4) is 0 Å². The van der Waals surface area contributed by atoms with E-state index in [2.05, 4.69) is 0 Å². The second kappa shape index (κ2) is 13.1. The van der Waals surface area contributed by atoms with Crippen LogP contribution in [0, 0.1) is 12.8 Å². The predicted molar refractivity (Wildman–Crippen MR) is 157 cm³/mol. The Bertz CT molecular complexity index is 1410. The van der Waals surface area contributed by atoms with E-state index in [0.717, 1.165) is 23.1 Å². The first-order valence-corrected chi connectivity index (χ1v) is 14.9. The monoisotopic (exact) mass is 660 g/mol. The van der Waals surface area contributed by atoms with E-state index in [1.807, 2.05) is 13.0 Å². The second-order valence-corrected chi connectivity index (χ2v) is 12.2. The van der Waals surface area contributed by atoms with Gasteiger partial charge in [0.25, 0.3) is 0 Å². The van der Waals surface area contributed by atoms with Gasteiger partial charge in [0.1, 0.15) is 0 Å². The number of hydrogen-bond acceptors (Lipinski definition) is 3. The Kier molecular flexibility index (Phi) is 10.0. The number of nitrogens with zero attached hydrogens (tertiary/aromatic N) is 4. The van der Waals surface area contributed by atoms with Crippen molar-refractivity contribution in [2.75, 3.05) is 45.2 Å². The van der Waals surface area contributed by atoms with Crippen molar-refractivity contribution in [3.63, 3.8) is 0 Å². The third-order valence-electron chi connectivity index (χ3n) is 8.83. The van der Waals surface area contributed by atoms with E-state index in [-0.39, 0.29) is 30.3 Å². The second-order valence-electron chi connectivity index (χ2n) is 11.8. The Morgan fingerprint density at radius 2 is 1.40 bits per heavy atom. The van der Waals surface area contributed by atoms with Crippen molar-refractivity contribution in [1.29, 1.82) is 0 Å². The highest BCUT2D eigenvalue weighted by molar-refractivity contribution is 6.31. The molecule has 4 amide bonds. The quantitative estimate of drug-likeness (QED) is 0.339. The lowest BCUT2D eigenvalue weighted by Gasteiger charge is -2.45. The van der Waals surface area contributed by atoms with Crippen LogP contribution in [0.4, 0.5) is 36.8 Å². The number of halogens is 7. The van der Waals surface area contributed by atoms with Gasteiger partial charge in [-0.2, -0.15) is 26.3 Å². The molecule has 2 aliphatic heterocycles. The Morgan fingerprint density at radius 1 is 0.844 bits per heavy atom. The minimum Gasteiger partial charge on any atom is -0.343 e. The fraction of sp³-hybridized carbons (Fsp3) is 0.516. The summed E-state index contributed by atoms with van der Waals surface area (Å²) in [5.41, 5.74) is -2.05. The molecule has 0 aliphatic carbocycles. The van der Waals surface area contributed by atoms with Crippen molar-refractivity contribution in [1.82, 2.24) is 14.7 Å². The maximum atomic E-state index is 13.7. The molecule has 2 aliphatic rings. The van der Waals surface area contributed by atoms with Crippen LogP contribution in [-0.4, -0.2) is 78.9 Å². The first-order valence-electron chi connectivity index (χ1n) is 14.5. The zero-order valence-corrected chi connectivity index (χ0v) is 26.1.